The number of nitrogens with two attached hydrogens (primary N) is 1. The summed E-state index contributed by atoms with van der Waals surface area (Å²) < 4.78 is 17.8. The van der Waals surface area contributed by atoms with Crippen LogP contribution in [0, 0.1) is 0 Å². The van der Waals surface area contributed by atoms with Gasteiger partial charge in [-0.2, -0.15) is 11.3 Å². The lowest BCUT2D eigenvalue weighted by Crippen LogP contribution is -2.22. The number of fused-ring (bicyclic) bond motifs is 1. The highest BCUT2D eigenvalue weighted by atomic mass is 32.1. The first-order valence-electron chi connectivity index (χ1n) is 10.3. The minimum absolute atomic E-state index is 0.248. The van der Waals surface area contributed by atoms with Crippen molar-refractivity contribution in [1.29, 1.82) is 0 Å². The lowest BCUT2D eigenvalue weighted by Gasteiger charge is -2.16. The lowest BCUT2D eigenvalue weighted by molar-refractivity contribution is 0.0527. The largest absolute Gasteiger partial charge is 0.493 e. The third-order valence-electron chi connectivity index (χ3n) is 5.14. The van der Waals surface area contributed by atoms with Crippen LogP contribution < -0.4 is 20.5 Å². The Labute approximate surface area is 195 Å². The maximum Gasteiger partial charge on any atom is 0.341 e. The molecule has 0 saturated heterocycles. The van der Waals surface area contributed by atoms with Crippen LogP contribution >= 0.6 is 11.3 Å². The van der Waals surface area contributed by atoms with E-state index in [0.29, 0.717) is 35.2 Å². The van der Waals surface area contributed by atoms with Crippen molar-refractivity contribution in [3.63, 3.8) is 0 Å². The zero-order chi connectivity index (χ0) is 23.4. The Morgan fingerprint density at radius 2 is 2.00 bits per heavy atom. The molecule has 9 nitrogen and oxygen atoms in total. The van der Waals surface area contributed by atoms with E-state index in [-0.39, 0.29) is 12.6 Å². The molecule has 3 N–H and O–H groups in total. The SMILES string of the molecule is CCOC(=O)c1ccc(-n2cnc3cc(OC)c(OC)cc32)nc1NC[C@H](N)c1ccsc1. The Hall–Kier alpha value is -3.63. The summed E-state index contributed by atoms with van der Waals surface area (Å²) >= 11 is 1.58. The van der Waals surface area contributed by atoms with Crippen LogP contribution in [0.2, 0.25) is 0 Å². The first kappa shape index (κ1) is 22.6. The van der Waals surface area contributed by atoms with E-state index >= 15 is 0 Å². The number of pyridine rings is 1. The van der Waals surface area contributed by atoms with E-state index < -0.39 is 5.97 Å². The monoisotopic (exact) mass is 467 g/mol. The van der Waals surface area contributed by atoms with Gasteiger partial charge in [0.05, 0.1) is 31.9 Å². The first-order chi connectivity index (χ1) is 16.0. The lowest BCUT2D eigenvalue weighted by atomic mass is 10.1. The standard InChI is InChI=1S/C23H25N5O4S/c1-4-32-23(29)15-5-6-21(27-22(15)25-11-16(24)14-7-8-33-12-14)28-13-26-17-9-19(30-2)20(31-3)10-18(17)28/h5-10,12-13,16H,4,11,24H2,1-3H3,(H,25,27)/t16-/m0/s1. The number of hydrogen-bond donors (Lipinski definition) is 2. The molecule has 3 aromatic heterocycles. The Balaban J connectivity index is 1.72. The van der Waals surface area contributed by atoms with Crippen LogP contribution in [0.25, 0.3) is 16.9 Å². The molecule has 0 aliphatic heterocycles. The number of ether oxygens (including phenoxy) is 3. The predicted octanol–water partition coefficient (Wildman–Crippen LogP) is 3.79. The molecule has 4 rings (SSSR count). The van der Waals surface area contributed by atoms with Gasteiger partial charge in [-0.1, -0.05) is 0 Å². The van der Waals surface area contributed by atoms with E-state index in [0.717, 1.165) is 16.6 Å². The number of benzene rings is 1. The average Bonchev–Trinajstić information content (AvgIpc) is 3.51. The summed E-state index contributed by atoms with van der Waals surface area (Å²) in [5.74, 6) is 1.67. The summed E-state index contributed by atoms with van der Waals surface area (Å²) in [4.78, 5) is 21.7. The van der Waals surface area contributed by atoms with Gasteiger partial charge in [0.25, 0.3) is 0 Å². The van der Waals surface area contributed by atoms with Gasteiger partial charge in [-0.15, -0.1) is 0 Å². The number of methoxy groups -OCH3 is 2. The van der Waals surface area contributed by atoms with Crippen molar-refractivity contribution in [2.45, 2.75) is 13.0 Å². The van der Waals surface area contributed by atoms with Crippen molar-refractivity contribution in [2.24, 2.45) is 5.73 Å². The molecule has 0 unspecified atom stereocenters. The van der Waals surface area contributed by atoms with Crippen molar-refractivity contribution in [3.8, 4) is 17.3 Å². The van der Waals surface area contributed by atoms with Gasteiger partial charge >= 0.3 is 5.97 Å². The van der Waals surface area contributed by atoms with Crippen LogP contribution in [0.4, 0.5) is 5.82 Å². The van der Waals surface area contributed by atoms with Crippen molar-refractivity contribution >= 4 is 34.2 Å². The van der Waals surface area contributed by atoms with Crippen LogP contribution in [0.15, 0.2) is 47.4 Å². The average molecular weight is 468 g/mol. The number of aromatic nitrogens is 3. The van der Waals surface area contributed by atoms with Gasteiger partial charge in [-0.25, -0.2) is 14.8 Å². The molecule has 1 atom stereocenters. The van der Waals surface area contributed by atoms with Crippen LogP contribution in [0.5, 0.6) is 11.5 Å². The second-order valence-corrected chi connectivity index (χ2v) is 7.92. The number of nitrogens with zero attached hydrogens (tertiary/aromatic N) is 3. The molecule has 0 radical (unpaired) electrons. The van der Waals surface area contributed by atoms with Crippen LogP contribution in [0.1, 0.15) is 28.9 Å². The van der Waals surface area contributed by atoms with E-state index in [2.05, 4.69) is 10.3 Å². The van der Waals surface area contributed by atoms with E-state index in [1.54, 1.807) is 57.0 Å². The molecule has 10 heteroatoms. The molecule has 0 fully saturated rings. The number of carbonyl (C=O) groups is 1. The molecule has 0 aliphatic rings. The summed E-state index contributed by atoms with van der Waals surface area (Å²) in [7, 11) is 3.16. The van der Waals surface area contributed by atoms with Crippen LogP contribution in [0.3, 0.4) is 0 Å². The highest BCUT2D eigenvalue weighted by Crippen LogP contribution is 2.32. The minimum atomic E-state index is -0.454. The molecule has 0 bridgehead atoms. The van der Waals surface area contributed by atoms with Crippen LogP contribution in [-0.4, -0.2) is 47.9 Å². The third-order valence-corrected chi connectivity index (χ3v) is 5.84. The van der Waals surface area contributed by atoms with Gasteiger partial charge in [0, 0.05) is 24.7 Å². The van der Waals surface area contributed by atoms with Crippen molar-refractivity contribution in [2.75, 3.05) is 32.7 Å². The summed E-state index contributed by atoms with van der Waals surface area (Å²) in [6.07, 6.45) is 1.66. The molecular weight excluding hydrogens is 442 g/mol. The number of hydrogen-bond acceptors (Lipinski definition) is 9. The Bertz CT molecular complexity index is 1260. The number of carbonyl (C=O) groups excluding carboxylic acids is 1. The summed E-state index contributed by atoms with van der Waals surface area (Å²) in [6.45, 7) is 2.43. The van der Waals surface area contributed by atoms with Crippen molar-refractivity contribution in [1.82, 2.24) is 14.5 Å². The molecule has 0 spiro atoms. The fourth-order valence-electron chi connectivity index (χ4n) is 3.42. The Kier molecular flexibility index (Phi) is 6.76. The summed E-state index contributed by atoms with van der Waals surface area (Å²) in [6, 6.07) is 8.80. The zero-order valence-corrected chi connectivity index (χ0v) is 19.4. The molecule has 1 aromatic carbocycles. The molecule has 172 valence electrons. The van der Waals surface area contributed by atoms with Gasteiger partial charge in [0.2, 0.25) is 0 Å². The molecule has 0 aliphatic carbocycles. The van der Waals surface area contributed by atoms with Crippen molar-refractivity contribution < 1.29 is 19.0 Å². The number of imidazole rings is 1. The topological polar surface area (TPSA) is 114 Å². The maximum absolute atomic E-state index is 12.5. The second-order valence-electron chi connectivity index (χ2n) is 7.14. The second kappa shape index (κ2) is 9.88. The smallest absolute Gasteiger partial charge is 0.341 e. The maximum atomic E-state index is 12.5. The fourth-order valence-corrected chi connectivity index (χ4v) is 4.15. The number of rotatable bonds is 9. The van der Waals surface area contributed by atoms with E-state index in [4.69, 9.17) is 24.9 Å². The molecule has 0 saturated carbocycles. The summed E-state index contributed by atoms with van der Waals surface area (Å²) in [5, 5.41) is 7.20. The number of thiophene rings is 1. The summed E-state index contributed by atoms with van der Waals surface area (Å²) in [5.41, 5.74) is 9.15. The van der Waals surface area contributed by atoms with Gasteiger partial charge in [0.1, 0.15) is 23.5 Å². The highest BCUT2D eigenvalue weighted by molar-refractivity contribution is 7.08. The van der Waals surface area contributed by atoms with E-state index in [1.165, 1.54) is 0 Å². The number of nitrogens with one attached hydrogen (secondary N) is 1. The minimum Gasteiger partial charge on any atom is -0.493 e. The third kappa shape index (κ3) is 4.62. The Morgan fingerprint density at radius 1 is 1.21 bits per heavy atom. The van der Waals surface area contributed by atoms with E-state index in [9.17, 15) is 4.79 Å². The molecule has 4 aromatic rings. The fraction of sp³-hybridized carbons (Fsp3) is 0.261. The highest BCUT2D eigenvalue weighted by Gasteiger charge is 2.18. The first-order valence-corrected chi connectivity index (χ1v) is 11.3. The van der Waals surface area contributed by atoms with Gasteiger partial charge in [0.15, 0.2) is 11.5 Å². The molecular formula is C23H25N5O4S. The quantitative estimate of drug-likeness (QED) is 0.358. The van der Waals surface area contributed by atoms with Gasteiger partial charge in [-0.3, -0.25) is 4.57 Å². The number of anilines is 1. The molecule has 33 heavy (non-hydrogen) atoms. The van der Waals surface area contributed by atoms with Gasteiger partial charge < -0.3 is 25.3 Å². The number of esters is 1. The van der Waals surface area contributed by atoms with Crippen molar-refractivity contribution in [3.05, 3.63) is 58.5 Å². The normalized spacial score (nSPS) is 11.9. The van der Waals surface area contributed by atoms with Crippen LogP contribution in [-0.2, 0) is 4.74 Å². The van der Waals surface area contributed by atoms with E-state index in [1.807, 2.05) is 27.5 Å². The van der Waals surface area contributed by atoms with Gasteiger partial charge in [-0.05, 0) is 41.4 Å². The molecule has 0 amide bonds. The zero-order valence-electron chi connectivity index (χ0n) is 18.6. The Morgan fingerprint density at radius 3 is 2.70 bits per heavy atom. The molecule has 3 heterocycles. The predicted molar refractivity (Wildman–Crippen MR) is 128 cm³/mol.